The van der Waals surface area contributed by atoms with E-state index in [1.165, 1.54) is 0 Å². The molecule has 9 aliphatic rings. The third-order valence-electron chi connectivity index (χ3n) is 19.7. The topological polar surface area (TPSA) is 267 Å². The maximum Gasteiger partial charge on any atom is 0.187 e. The molecule has 10 N–H and O–H groups in total. The van der Waals surface area contributed by atoms with Crippen molar-refractivity contribution in [2.24, 2.45) is 50.2 Å². The van der Waals surface area contributed by atoms with Gasteiger partial charge < -0.3 is 84.2 Å². The molecule has 0 unspecified atom stereocenters. The molecule has 2 bridgehead atoms. The third kappa shape index (κ3) is 6.65. The van der Waals surface area contributed by atoms with Crippen LogP contribution in [0.25, 0.3) is 0 Å². The van der Waals surface area contributed by atoms with E-state index >= 15 is 0 Å². The minimum Gasteiger partial charge on any atom is -0.396 e. The summed E-state index contributed by atoms with van der Waals surface area (Å²) in [6.07, 6.45) is -10.3. The van der Waals surface area contributed by atoms with Crippen LogP contribution in [0.15, 0.2) is 12.2 Å². The van der Waals surface area contributed by atoms with Gasteiger partial charge in [-0.1, -0.05) is 53.7 Å². The molecule has 4 saturated carbocycles. The van der Waals surface area contributed by atoms with E-state index in [1.807, 2.05) is 6.92 Å². The highest BCUT2D eigenvalue weighted by molar-refractivity contribution is 5.36. The minimum atomic E-state index is -1.85. The second-order valence-electron chi connectivity index (χ2n) is 23.3. The van der Waals surface area contributed by atoms with Crippen molar-refractivity contribution in [1.29, 1.82) is 0 Å². The zero-order valence-corrected chi connectivity index (χ0v) is 38.4. The Kier molecular flexibility index (Phi) is 12.3. The van der Waals surface area contributed by atoms with Crippen molar-refractivity contribution >= 4 is 0 Å². The summed E-state index contributed by atoms with van der Waals surface area (Å²) < 4.78 is 42.8. The average molecular weight is 913 g/mol. The lowest BCUT2D eigenvalue weighted by atomic mass is 9.32. The van der Waals surface area contributed by atoms with E-state index in [1.54, 1.807) is 6.92 Å². The summed E-state index contributed by atoms with van der Waals surface area (Å²) in [5.74, 6) is 0.344. The second kappa shape index (κ2) is 16.3. The van der Waals surface area contributed by atoms with Crippen molar-refractivity contribution in [3.8, 4) is 0 Å². The SMILES string of the molecule is C[C@H]1O[C@@H](O[C@H]2CC[C@@]3(C)[C@@H](CC[C@]4(C)[C@@H]3C=C[C@]35OC[C@@]6(CCC(C)(C)C[C@H]63)[C@@H](O)C[C@]54C)[C@]2(C)CO)[C@H](O)[C@@H](O[C@@H]2O[C@H](CO)[C@@H](O[C@@H]3O[C@H](CO)[C@H](O)[C@H]3O)[C@H](O)[C@H]2O)[C@H]1O. The Bertz CT molecular complexity index is 1750. The van der Waals surface area contributed by atoms with Crippen LogP contribution in [-0.4, -0.2) is 181 Å². The van der Waals surface area contributed by atoms with Crippen molar-refractivity contribution in [2.75, 3.05) is 26.4 Å². The molecule has 64 heavy (non-hydrogen) atoms. The van der Waals surface area contributed by atoms with Gasteiger partial charge in [0.2, 0.25) is 0 Å². The predicted molar refractivity (Wildman–Crippen MR) is 223 cm³/mol. The van der Waals surface area contributed by atoms with Crippen molar-refractivity contribution in [3.63, 3.8) is 0 Å². The van der Waals surface area contributed by atoms with Crippen LogP contribution in [0.3, 0.4) is 0 Å². The van der Waals surface area contributed by atoms with E-state index in [2.05, 4.69) is 46.8 Å². The fourth-order valence-corrected chi connectivity index (χ4v) is 15.6. The van der Waals surface area contributed by atoms with Gasteiger partial charge in [0.25, 0.3) is 0 Å². The largest absolute Gasteiger partial charge is 0.396 e. The minimum absolute atomic E-state index is 0.00276. The molecule has 0 aromatic rings. The number of aliphatic hydroxyl groups is 10. The van der Waals surface area contributed by atoms with Crippen LogP contribution < -0.4 is 0 Å². The molecule has 25 atom stereocenters. The van der Waals surface area contributed by atoms with Gasteiger partial charge in [-0.25, -0.2) is 0 Å². The molecular formula is C47H76O17. The summed E-state index contributed by atoms with van der Waals surface area (Å²) in [4.78, 5) is 0. The number of fused-ring (bicyclic) bond motifs is 4. The fraction of sp³-hybridized carbons (Fsp3) is 0.957. The molecule has 4 heterocycles. The van der Waals surface area contributed by atoms with E-state index in [9.17, 15) is 51.1 Å². The fourth-order valence-electron chi connectivity index (χ4n) is 15.6. The number of aliphatic hydroxyl groups excluding tert-OH is 10. The van der Waals surface area contributed by atoms with Crippen LogP contribution in [0.4, 0.5) is 0 Å². The zero-order valence-electron chi connectivity index (χ0n) is 38.4. The van der Waals surface area contributed by atoms with Gasteiger partial charge in [0.1, 0.15) is 61.0 Å². The highest BCUT2D eigenvalue weighted by Crippen LogP contribution is 2.79. The summed E-state index contributed by atoms with van der Waals surface area (Å²) >= 11 is 0. The molecule has 9 rings (SSSR count). The first-order valence-corrected chi connectivity index (χ1v) is 23.9. The number of rotatable bonds is 9. The quantitative estimate of drug-likeness (QED) is 0.110. The van der Waals surface area contributed by atoms with Gasteiger partial charge in [-0.3, -0.25) is 0 Å². The maximum atomic E-state index is 12.2. The van der Waals surface area contributed by atoms with Gasteiger partial charge in [-0.05, 0) is 86.4 Å². The van der Waals surface area contributed by atoms with Crippen LogP contribution in [0, 0.1) is 50.2 Å². The summed E-state index contributed by atoms with van der Waals surface area (Å²) in [5, 5.41) is 109. The number of ether oxygens (including phenoxy) is 7. The van der Waals surface area contributed by atoms with Crippen LogP contribution in [0.2, 0.25) is 0 Å². The molecule has 4 saturated heterocycles. The first kappa shape index (κ1) is 48.1. The monoisotopic (exact) mass is 913 g/mol. The van der Waals surface area contributed by atoms with Crippen LogP contribution in [0.1, 0.15) is 99.8 Å². The van der Waals surface area contributed by atoms with Gasteiger partial charge >= 0.3 is 0 Å². The first-order valence-electron chi connectivity index (χ1n) is 23.9. The van der Waals surface area contributed by atoms with Gasteiger partial charge in [0, 0.05) is 22.2 Å². The molecule has 0 amide bonds. The van der Waals surface area contributed by atoms with Crippen LogP contribution in [-0.2, 0) is 33.2 Å². The van der Waals surface area contributed by atoms with Crippen molar-refractivity contribution in [2.45, 2.75) is 204 Å². The van der Waals surface area contributed by atoms with E-state index < -0.39 is 122 Å². The molecule has 366 valence electrons. The van der Waals surface area contributed by atoms with Crippen molar-refractivity contribution in [3.05, 3.63) is 12.2 Å². The molecule has 8 fully saturated rings. The van der Waals surface area contributed by atoms with Gasteiger partial charge in [-0.15, -0.1) is 0 Å². The Morgan fingerprint density at radius 2 is 1.27 bits per heavy atom. The summed E-state index contributed by atoms with van der Waals surface area (Å²) in [6.45, 7) is 14.5. The Morgan fingerprint density at radius 3 is 1.92 bits per heavy atom. The molecule has 17 nitrogen and oxygen atoms in total. The Hall–Kier alpha value is -0.940. The molecule has 0 radical (unpaired) electrons. The maximum absolute atomic E-state index is 12.2. The molecule has 4 aliphatic heterocycles. The zero-order chi connectivity index (χ0) is 46.3. The van der Waals surface area contributed by atoms with E-state index in [0.717, 1.165) is 38.5 Å². The highest BCUT2D eigenvalue weighted by Gasteiger charge is 2.79. The van der Waals surface area contributed by atoms with Crippen LogP contribution in [0.5, 0.6) is 0 Å². The molecule has 0 aromatic heterocycles. The van der Waals surface area contributed by atoms with Gasteiger partial charge in [0.15, 0.2) is 18.9 Å². The Balaban J connectivity index is 0.918. The molecule has 0 aromatic carbocycles. The summed E-state index contributed by atoms with van der Waals surface area (Å²) in [6, 6.07) is 0. The predicted octanol–water partition coefficient (Wildman–Crippen LogP) is 0.240. The lowest BCUT2D eigenvalue weighted by Crippen LogP contribution is -2.72. The first-order chi connectivity index (χ1) is 30.0. The summed E-state index contributed by atoms with van der Waals surface area (Å²) in [5.41, 5.74) is -2.14. The summed E-state index contributed by atoms with van der Waals surface area (Å²) in [7, 11) is 0. The van der Waals surface area contributed by atoms with Crippen molar-refractivity contribution in [1.82, 2.24) is 0 Å². The van der Waals surface area contributed by atoms with E-state index in [4.69, 9.17) is 33.2 Å². The second-order valence-corrected chi connectivity index (χ2v) is 23.3. The standard InChI is InChI=1S/C47H76O17/c1-22-30(52)37(64-39-34(56)32(54)36(24(19-49)61-39)63-38-33(55)31(53)23(18-48)60-38)35(57)40(59-22)62-29-10-11-42(4)25(43(29,5)20-50)8-12-44(6)26(42)9-13-47-27-16-41(2,3)14-15-46(27,21-58-47)28(51)17-45(44,47)7/h9,13,22-40,48-57H,8,10-12,14-21H2,1-7H3/t22-,23-,24-,25-,26-,27-,28+,29+,30+,31+,32-,33-,34-,35-,36-,37+,38+,39+,40+,42+,43+,44-,45+,46-,47+/m1/s1. The van der Waals surface area contributed by atoms with E-state index in [-0.39, 0.29) is 51.4 Å². The Morgan fingerprint density at radius 1 is 0.625 bits per heavy atom. The molecule has 5 aliphatic carbocycles. The van der Waals surface area contributed by atoms with E-state index in [0.29, 0.717) is 19.4 Å². The number of hydrogen-bond acceptors (Lipinski definition) is 17. The third-order valence-corrected chi connectivity index (χ3v) is 19.7. The number of allylic oxidation sites excluding steroid dienone is 1. The van der Waals surface area contributed by atoms with Gasteiger partial charge in [0.05, 0.1) is 50.3 Å². The van der Waals surface area contributed by atoms with Crippen LogP contribution >= 0.6 is 0 Å². The molecular weight excluding hydrogens is 837 g/mol. The van der Waals surface area contributed by atoms with Gasteiger partial charge in [-0.2, -0.15) is 0 Å². The molecule has 1 spiro atoms. The Labute approximate surface area is 376 Å². The van der Waals surface area contributed by atoms with Crippen molar-refractivity contribution < 1.29 is 84.2 Å². The smallest absolute Gasteiger partial charge is 0.187 e. The molecule has 17 heteroatoms. The lowest BCUT2D eigenvalue weighted by Gasteiger charge is -2.73. The average Bonchev–Trinajstić information content (AvgIpc) is 3.69. The highest BCUT2D eigenvalue weighted by atomic mass is 16.8. The number of hydrogen-bond donors (Lipinski definition) is 10. The lowest BCUT2D eigenvalue weighted by molar-refractivity contribution is -0.374. The normalized spacial score (nSPS) is 58.9.